The van der Waals surface area contributed by atoms with E-state index < -0.39 is 0 Å². The van der Waals surface area contributed by atoms with E-state index in [-0.39, 0.29) is 5.91 Å². The van der Waals surface area contributed by atoms with Crippen LogP contribution < -0.4 is 0 Å². The van der Waals surface area contributed by atoms with E-state index in [1.54, 1.807) is 0 Å². The Morgan fingerprint density at radius 3 is 2.63 bits per heavy atom. The highest BCUT2D eigenvalue weighted by atomic mass is 35.5. The highest BCUT2D eigenvalue weighted by Crippen LogP contribution is 2.22. The van der Waals surface area contributed by atoms with Gasteiger partial charge in [-0.15, -0.1) is 0 Å². The van der Waals surface area contributed by atoms with Gasteiger partial charge in [-0.3, -0.25) is 14.7 Å². The zero-order chi connectivity index (χ0) is 24.2. The molecule has 3 heterocycles. The van der Waals surface area contributed by atoms with Crippen molar-refractivity contribution >= 4 is 28.4 Å². The van der Waals surface area contributed by atoms with Crippen LogP contribution in [0.25, 0.3) is 10.9 Å². The molecule has 0 unspecified atom stereocenters. The van der Waals surface area contributed by atoms with Gasteiger partial charge in [-0.05, 0) is 49.7 Å². The molecule has 0 bridgehead atoms. The van der Waals surface area contributed by atoms with Crippen LogP contribution in [0.1, 0.15) is 39.8 Å². The Balaban J connectivity index is 1.10. The van der Waals surface area contributed by atoms with Gasteiger partial charge in [-0.1, -0.05) is 47.1 Å². The van der Waals surface area contributed by atoms with Crippen LogP contribution in [0.4, 0.5) is 0 Å². The van der Waals surface area contributed by atoms with Crippen LogP contribution in [0.3, 0.4) is 0 Å². The minimum atomic E-state index is 0.0355. The number of pyridine rings is 1. The number of aromatic nitrogens is 3. The Kier molecular flexibility index (Phi) is 7.06. The summed E-state index contributed by atoms with van der Waals surface area (Å²) < 4.78 is 5.43. The minimum Gasteiger partial charge on any atom is -0.339 e. The predicted molar refractivity (Wildman–Crippen MR) is 136 cm³/mol. The lowest BCUT2D eigenvalue weighted by atomic mass is 10.1. The molecule has 35 heavy (non-hydrogen) atoms. The zero-order valence-electron chi connectivity index (χ0n) is 19.8. The summed E-state index contributed by atoms with van der Waals surface area (Å²) in [7, 11) is 0. The molecule has 0 radical (unpaired) electrons. The average molecular weight is 490 g/mol. The van der Waals surface area contributed by atoms with Gasteiger partial charge in [0, 0.05) is 49.4 Å². The van der Waals surface area contributed by atoms with Crippen LogP contribution in [0, 0.1) is 6.92 Å². The number of hydrogen-bond donors (Lipinski definition) is 0. The number of aryl methyl sites for hydroxylation is 2. The molecule has 0 saturated carbocycles. The number of carbonyl (C=O) groups excluding carboxylic acids is 1. The van der Waals surface area contributed by atoms with Crippen molar-refractivity contribution in [3.63, 3.8) is 0 Å². The van der Waals surface area contributed by atoms with Gasteiger partial charge >= 0.3 is 0 Å². The van der Waals surface area contributed by atoms with Crippen molar-refractivity contribution < 1.29 is 9.32 Å². The van der Waals surface area contributed by atoms with Crippen molar-refractivity contribution in [1.82, 2.24) is 24.9 Å². The van der Waals surface area contributed by atoms with E-state index in [0.717, 1.165) is 54.9 Å². The van der Waals surface area contributed by atoms with Crippen LogP contribution in [-0.4, -0.2) is 63.6 Å². The van der Waals surface area contributed by atoms with Gasteiger partial charge in [-0.25, -0.2) is 0 Å². The zero-order valence-corrected chi connectivity index (χ0v) is 20.5. The summed E-state index contributed by atoms with van der Waals surface area (Å²) in [6, 6.07) is 17.6. The van der Waals surface area contributed by atoms with E-state index in [1.807, 2.05) is 54.3 Å². The smallest absolute Gasteiger partial charge is 0.255 e. The fourth-order valence-corrected chi connectivity index (χ4v) is 4.68. The van der Waals surface area contributed by atoms with E-state index >= 15 is 0 Å². The van der Waals surface area contributed by atoms with E-state index in [0.29, 0.717) is 36.0 Å². The fourth-order valence-electron chi connectivity index (χ4n) is 4.50. The molecule has 2 aromatic carbocycles. The van der Waals surface area contributed by atoms with Gasteiger partial charge in [0.15, 0.2) is 5.82 Å². The minimum absolute atomic E-state index is 0.0355. The molecular formula is C27H28ClN5O2. The number of amides is 1. The molecule has 2 aromatic heterocycles. The number of halogens is 1. The fraction of sp³-hybridized carbons (Fsp3) is 0.333. The van der Waals surface area contributed by atoms with Crippen molar-refractivity contribution in [3.8, 4) is 0 Å². The molecule has 1 aliphatic rings. The summed E-state index contributed by atoms with van der Waals surface area (Å²) in [4.78, 5) is 26.6. The summed E-state index contributed by atoms with van der Waals surface area (Å²) in [6.45, 7) is 5.93. The molecule has 0 aliphatic carbocycles. The lowest BCUT2D eigenvalue weighted by Crippen LogP contribution is -2.49. The Morgan fingerprint density at radius 2 is 1.83 bits per heavy atom. The molecule has 4 aromatic rings. The number of nitrogens with zero attached hydrogens (tertiary/aromatic N) is 5. The van der Waals surface area contributed by atoms with E-state index in [9.17, 15) is 4.79 Å². The quantitative estimate of drug-likeness (QED) is 0.379. The van der Waals surface area contributed by atoms with Crippen molar-refractivity contribution in [2.75, 3.05) is 32.7 Å². The van der Waals surface area contributed by atoms with E-state index in [2.05, 4.69) is 32.2 Å². The first-order valence-electron chi connectivity index (χ1n) is 12.0. The highest BCUT2D eigenvalue weighted by molar-refractivity contribution is 6.31. The molecule has 7 nitrogen and oxygen atoms in total. The standard InChI is InChI=1S/C27H28ClN5O2/c1-19-23(18-21-17-22(28)9-10-24(21)29-19)27(34)33-14-12-32(13-15-33)11-5-8-26-30-25(31-35-26)16-20-6-3-2-4-7-20/h2-4,6-7,9-10,17-18H,5,8,11-16H2,1H3. The topological polar surface area (TPSA) is 75.4 Å². The second kappa shape index (κ2) is 10.5. The molecule has 1 saturated heterocycles. The third-order valence-electron chi connectivity index (χ3n) is 6.44. The van der Waals surface area contributed by atoms with Crippen molar-refractivity contribution in [3.05, 3.63) is 88.2 Å². The Hall–Kier alpha value is -3.29. The maximum absolute atomic E-state index is 13.2. The molecule has 0 atom stereocenters. The SMILES string of the molecule is Cc1nc2ccc(Cl)cc2cc1C(=O)N1CCN(CCCc2nc(Cc3ccccc3)no2)CC1. The Bertz CT molecular complexity index is 1320. The summed E-state index contributed by atoms with van der Waals surface area (Å²) in [6.07, 6.45) is 2.38. The summed E-state index contributed by atoms with van der Waals surface area (Å²) in [5, 5.41) is 5.64. The number of carbonyl (C=O) groups is 1. The van der Waals surface area contributed by atoms with Gasteiger partial charge in [0.05, 0.1) is 16.8 Å². The normalized spacial score (nSPS) is 14.5. The monoisotopic (exact) mass is 489 g/mol. The first-order valence-corrected chi connectivity index (χ1v) is 12.4. The third-order valence-corrected chi connectivity index (χ3v) is 6.67. The maximum Gasteiger partial charge on any atom is 0.255 e. The average Bonchev–Trinajstić information content (AvgIpc) is 3.31. The van der Waals surface area contributed by atoms with Gasteiger partial charge in [-0.2, -0.15) is 4.98 Å². The van der Waals surface area contributed by atoms with Gasteiger partial charge in [0.2, 0.25) is 5.89 Å². The first kappa shape index (κ1) is 23.5. The molecule has 0 spiro atoms. The summed E-state index contributed by atoms with van der Waals surface area (Å²) >= 11 is 6.13. The number of fused-ring (bicyclic) bond motifs is 1. The number of hydrogen-bond acceptors (Lipinski definition) is 6. The number of benzene rings is 2. The van der Waals surface area contributed by atoms with E-state index in [4.69, 9.17) is 16.1 Å². The third kappa shape index (κ3) is 5.69. The van der Waals surface area contributed by atoms with Crippen molar-refractivity contribution in [1.29, 1.82) is 0 Å². The second-order valence-electron chi connectivity index (χ2n) is 8.96. The largest absolute Gasteiger partial charge is 0.339 e. The number of rotatable bonds is 7. The Morgan fingerprint density at radius 1 is 1.03 bits per heavy atom. The predicted octanol–water partition coefficient (Wildman–Crippen LogP) is 4.56. The van der Waals surface area contributed by atoms with Crippen molar-refractivity contribution in [2.24, 2.45) is 0 Å². The lowest BCUT2D eigenvalue weighted by Gasteiger charge is -2.35. The first-order chi connectivity index (χ1) is 17.0. The maximum atomic E-state index is 13.2. The van der Waals surface area contributed by atoms with Crippen LogP contribution in [0.5, 0.6) is 0 Å². The second-order valence-corrected chi connectivity index (χ2v) is 9.40. The van der Waals surface area contributed by atoms with E-state index in [1.165, 1.54) is 5.56 Å². The lowest BCUT2D eigenvalue weighted by molar-refractivity contribution is 0.0634. The van der Waals surface area contributed by atoms with Crippen LogP contribution in [0.15, 0.2) is 59.1 Å². The molecule has 1 amide bonds. The Labute approximate surface area is 209 Å². The van der Waals surface area contributed by atoms with Crippen LogP contribution in [-0.2, 0) is 12.8 Å². The molecule has 0 N–H and O–H groups in total. The summed E-state index contributed by atoms with van der Waals surface area (Å²) in [5.41, 5.74) is 3.42. The molecule has 180 valence electrons. The van der Waals surface area contributed by atoms with Crippen molar-refractivity contribution in [2.45, 2.75) is 26.2 Å². The molecular weight excluding hydrogens is 462 g/mol. The molecule has 8 heteroatoms. The highest BCUT2D eigenvalue weighted by Gasteiger charge is 2.24. The van der Waals surface area contributed by atoms with Gasteiger partial charge in [0.25, 0.3) is 5.91 Å². The van der Waals surface area contributed by atoms with Crippen LogP contribution >= 0.6 is 11.6 Å². The molecule has 1 aliphatic heterocycles. The number of piperazine rings is 1. The van der Waals surface area contributed by atoms with Crippen LogP contribution in [0.2, 0.25) is 5.02 Å². The summed E-state index contributed by atoms with van der Waals surface area (Å²) in [5.74, 6) is 1.44. The van der Waals surface area contributed by atoms with Gasteiger partial charge < -0.3 is 9.42 Å². The molecule has 5 rings (SSSR count). The van der Waals surface area contributed by atoms with Gasteiger partial charge in [0.1, 0.15) is 0 Å². The molecule has 1 fully saturated rings.